The molecule has 0 radical (unpaired) electrons. The van der Waals surface area contributed by atoms with E-state index in [0.717, 1.165) is 12.0 Å². The lowest BCUT2D eigenvalue weighted by atomic mass is 9.83. The second-order valence-corrected chi connectivity index (χ2v) is 3.76. The van der Waals surface area contributed by atoms with Gasteiger partial charge in [-0.25, -0.2) is 9.97 Å². The van der Waals surface area contributed by atoms with Crippen molar-refractivity contribution in [2.24, 2.45) is 0 Å². The van der Waals surface area contributed by atoms with E-state index in [1.165, 1.54) is 18.0 Å². The van der Waals surface area contributed by atoms with Crippen LogP contribution in [0.5, 0.6) is 0 Å². The molecule has 5 heteroatoms. The molecule has 0 fully saturated rings. The van der Waals surface area contributed by atoms with Crippen molar-refractivity contribution in [3.63, 3.8) is 0 Å². The van der Waals surface area contributed by atoms with Crippen LogP contribution in [0.1, 0.15) is 12.5 Å². The molecule has 2 N–H and O–H groups in total. The maximum atomic E-state index is 8.93. The highest BCUT2D eigenvalue weighted by Crippen LogP contribution is 2.14. The molecule has 0 saturated heterocycles. The summed E-state index contributed by atoms with van der Waals surface area (Å²) in [6.45, 7) is 2.10. The third-order valence-electron chi connectivity index (χ3n) is 2.59. The van der Waals surface area contributed by atoms with Crippen molar-refractivity contribution in [3.05, 3.63) is 42.2 Å². The Balaban J connectivity index is 2.26. The van der Waals surface area contributed by atoms with Crippen LogP contribution in [-0.4, -0.2) is 27.1 Å². The fraction of sp³-hybridized carbons (Fsp3) is 0.167. The number of benzene rings is 1. The minimum absolute atomic E-state index is 0.291. The SMILES string of the molecule is CCc1ccc(-c2ncc(B(O)O)cn2)cc1. The molecular formula is C12H13BN2O2. The average Bonchev–Trinajstić information content (AvgIpc) is 2.39. The number of aromatic nitrogens is 2. The lowest BCUT2D eigenvalue weighted by Crippen LogP contribution is -2.30. The van der Waals surface area contributed by atoms with Gasteiger partial charge in [-0.15, -0.1) is 0 Å². The van der Waals surface area contributed by atoms with Crippen molar-refractivity contribution >= 4 is 12.6 Å². The van der Waals surface area contributed by atoms with Gasteiger partial charge in [0.25, 0.3) is 0 Å². The van der Waals surface area contributed by atoms with Crippen molar-refractivity contribution in [2.45, 2.75) is 13.3 Å². The van der Waals surface area contributed by atoms with Crippen molar-refractivity contribution in [1.82, 2.24) is 9.97 Å². The first-order valence-electron chi connectivity index (χ1n) is 5.48. The molecule has 0 aliphatic carbocycles. The van der Waals surface area contributed by atoms with Crippen LogP contribution in [-0.2, 0) is 6.42 Å². The summed E-state index contributed by atoms with van der Waals surface area (Å²) in [6.07, 6.45) is 3.83. The van der Waals surface area contributed by atoms with Crippen LogP contribution in [0, 0.1) is 0 Å². The van der Waals surface area contributed by atoms with Gasteiger partial charge in [0.2, 0.25) is 0 Å². The normalized spacial score (nSPS) is 10.3. The molecule has 0 bridgehead atoms. The van der Waals surface area contributed by atoms with Gasteiger partial charge in [-0.2, -0.15) is 0 Å². The Labute approximate surface area is 100 Å². The van der Waals surface area contributed by atoms with Crippen molar-refractivity contribution in [1.29, 1.82) is 0 Å². The lowest BCUT2D eigenvalue weighted by molar-refractivity contribution is 0.425. The van der Waals surface area contributed by atoms with E-state index in [-0.39, 0.29) is 0 Å². The van der Waals surface area contributed by atoms with E-state index in [1.54, 1.807) is 0 Å². The molecule has 0 saturated carbocycles. The first-order valence-corrected chi connectivity index (χ1v) is 5.48. The second-order valence-electron chi connectivity index (χ2n) is 3.76. The molecule has 1 heterocycles. The molecule has 0 aliphatic heterocycles. The molecule has 2 rings (SSSR count). The van der Waals surface area contributed by atoms with Crippen LogP contribution in [0.3, 0.4) is 0 Å². The quantitative estimate of drug-likeness (QED) is 0.745. The Morgan fingerprint density at radius 3 is 2.12 bits per heavy atom. The van der Waals surface area contributed by atoms with Crippen LogP contribution in [0.15, 0.2) is 36.7 Å². The molecule has 1 aromatic carbocycles. The molecule has 0 amide bonds. The van der Waals surface area contributed by atoms with E-state index in [1.807, 2.05) is 24.3 Å². The van der Waals surface area contributed by atoms with Crippen LogP contribution in [0.4, 0.5) is 0 Å². The van der Waals surface area contributed by atoms with Gasteiger partial charge in [0.15, 0.2) is 5.82 Å². The van der Waals surface area contributed by atoms with E-state index in [4.69, 9.17) is 10.0 Å². The minimum Gasteiger partial charge on any atom is -0.423 e. The first-order chi connectivity index (χ1) is 8.20. The van der Waals surface area contributed by atoms with Crippen molar-refractivity contribution in [2.75, 3.05) is 0 Å². The lowest BCUT2D eigenvalue weighted by Gasteiger charge is -2.03. The Kier molecular flexibility index (Phi) is 3.51. The molecule has 0 aliphatic rings. The summed E-state index contributed by atoms with van der Waals surface area (Å²) in [7, 11) is -1.52. The largest absolute Gasteiger partial charge is 0.491 e. The molecule has 2 aromatic rings. The smallest absolute Gasteiger partial charge is 0.423 e. The predicted molar refractivity (Wildman–Crippen MR) is 66.7 cm³/mol. The molecule has 0 atom stereocenters. The average molecular weight is 228 g/mol. The molecular weight excluding hydrogens is 215 g/mol. The molecule has 86 valence electrons. The predicted octanol–water partition coefficient (Wildman–Crippen LogP) is 0.386. The molecule has 4 nitrogen and oxygen atoms in total. The van der Waals surface area contributed by atoms with E-state index in [2.05, 4.69) is 16.9 Å². The maximum absolute atomic E-state index is 8.93. The maximum Gasteiger partial charge on any atom is 0.491 e. The number of hydrogen-bond acceptors (Lipinski definition) is 4. The monoisotopic (exact) mass is 228 g/mol. The fourth-order valence-corrected chi connectivity index (χ4v) is 1.51. The van der Waals surface area contributed by atoms with Gasteiger partial charge in [0.05, 0.1) is 0 Å². The zero-order chi connectivity index (χ0) is 12.3. The minimum atomic E-state index is -1.52. The van der Waals surface area contributed by atoms with Gasteiger partial charge in [-0.3, -0.25) is 0 Å². The summed E-state index contributed by atoms with van der Waals surface area (Å²) in [6, 6.07) is 7.99. The van der Waals surface area contributed by atoms with E-state index < -0.39 is 7.12 Å². The highest BCUT2D eigenvalue weighted by molar-refractivity contribution is 6.58. The zero-order valence-electron chi connectivity index (χ0n) is 9.54. The molecule has 0 unspecified atom stereocenters. The fourth-order valence-electron chi connectivity index (χ4n) is 1.51. The highest BCUT2D eigenvalue weighted by Gasteiger charge is 2.11. The first kappa shape index (κ1) is 11.8. The molecule has 1 aromatic heterocycles. The molecule has 17 heavy (non-hydrogen) atoms. The Morgan fingerprint density at radius 1 is 1.06 bits per heavy atom. The van der Waals surface area contributed by atoms with Crippen molar-refractivity contribution < 1.29 is 10.0 Å². The topological polar surface area (TPSA) is 66.2 Å². The summed E-state index contributed by atoms with van der Waals surface area (Å²) < 4.78 is 0. The standard InChI is InChI=1S/C12H13BN2O2/c1-2-9-3-5-10(6-4-9)12-14-7-11(8-15-12)13(16)17/h3-8,16-17H,2H2,1H3. The third-order valence-corrected chi connectivity index (χ3v) is 2.59. The Hall–Kier alpha value is -1.72. The third kappa shape index (κ3) is 2.69. The number of hydrogen-bond donors (Lipinski definition) is 2. The number of nitrogens with zero attached hydrogens (tertiary/aromatic N) is 2. The van der Waals surface area contributed by atoms with Gasteiger partial charge >= 0.3 is 7.12 Å². The van der Waals surface area contributed by atoms with Crippen LogP contribution < -0.4 is 5.46 Å². The molecule has 0 spiro atoms. The van der Waals surface area contributed by atoms with E-state index >= 15 is 0 Å². The highest BCUT2D eigenvalue weighted by atomic mass is 16.4. The van der Waals surface area contributed by atoms with Gasteiger partial charge in [-0.05, 0) is 12.0 Å². The van der Waals surface area contributed by atoms with E-state index in [0.29, 0.717) is 11.3 Å². The van der Waals surface area contributed by atoms with Crippen molar-refractivity contribution in [3.8, 4) is 11.4 Å². The second kappa shape index (κ2) is 5.08. The number of aryl methyl sites for hydroxylation is 1. The summed E-state index contributed by atoms with van der Waals surface area (Å²) >= 11 is 0. The summed E-state index contributed by atoms with van der Waals surface area (Å²) in [4.78, 5) is 8.19. The van der Waals surface area contributed by atoms with Crippen LogP contribution in [0.25, 0.3) is 11.4 Å². The van der Waals surface area contributed by atoms with Gasteiger partial charge in [0.1, 0.15) is 0 Å². The summed E-state index contributed by atoms with van der Waals surface area (Å²) in [5.74, 6) is 0.581. The number of rotatable bonds is 3. The van der Waals surface area contributed by atoms with Crippen LogP contribution in [0.2, 0.25) is 0 Å². The summed E-state index contributed by atoms with van der Waals surface area (Å²) in [5, 5.41) is 17.9. The Morgan fingerprint density at radius 2 is 1.65 bits per heavy atom. The van der Waals surface area contributed by atoms with Gasteiger partial charge < -0.3 is 10.0 Å². The van der Waals surface area contributed by atoms with Gasteiger partial charge in [0, 0.05) is 23.4 Å². The Bertz CT molecular complexity index is 483. The van der Waals surface area contributed by atoms with Crippen LogP contribution >= 0.6 is 0 Å². The van der Waals surface area contributed by atoms with E-state index in [9.17, 15) is 0 Å². The zero-order valence-corrected chi connectivity index (χ0v) is 9.54. The van der Waals surface area contributed by atoms with Gasteiger partial charge in [-0.1, -0.05) is 31.2 Å². The summed E-state index contributed by atoms with van der Waals surface area (Å²) in [5.41, 5.74) is 2.47.